The summed E-state index contributed by atoms with van der Waals surface area (Å²) in [6.45, 7) is 2.97. The Hall–Kier alpha value is -2.21. The predicted molar refractivity (Wildman–Crippen MR) is 97.1 cm³/mol. The molecular weight excluding hydrogens is 338 g/mol. The number of ether oxygens (including phenoxy) is 1. The molecule has 0 saturated carbocycles. The third-order valence-corrected chi connectivity index (χ3v) is 5.01. The highest BCUT2D eigenvalue weighted by Gasteiger charge is 2.27. The van der Waals surface area contributed by atoms with Crippen molar-refractivity contribution in [2.45, 2.75) is 30.8 Å². The minimum atomic E-state index is -0.418. The molecule has 1 amide bonds. The molecule has 1 fully saturated rings. The van der Waals surface area contributed by atoms with Gasteiger partial charge in [0.1, 0.15) is 17.6 Å². The molecule has 0 spiro atoms. The van der Waals surface area contributed by atoms with Gasteiger partial charge in [-0.15, -0.1) is 11.8 Å². The quantitative estimate of drug-likeness (QED) is 0.742. The molecule has 2 heterocycles. The standard InChI is InChI=1S/C19H21NO4S/c1-14-11-16(12-19(22)23-14)24-15-7-9-20(13-15)18(21)8-10-25-17-5-3-2-4-6-17/h2-6,11-12,15H,7-10,13H2,1H3. The van der Waals surface area contributed by atoms with Gasteiger partial charge in [0.15, 0.2) is 0 Å². The number of aryl methyl sites for hydroxylation is 1. The van der Waals surface area contributed by atoms with Crippen molar-refractivity contribution in [1.29, 1.82) is 0 Å². The lowest BCUT2D eigenvalue weighted by Gasteiger charge is -2.17. The van der Waals surface area contributed by atoms with Crippen LogP contribution in [0.2, 0.25) is 0 Å². The monoisotopic (exact) mass is 359 g/mol. The fourth-order valence-corrected chi connectivity index (χ4v) is 3.68. The summed E-state index contributed by atoms with van der Waals surface area (Å²) in [7, 11) is 0. The molecule has 1 aliphatic heterocycles. The maximum Gasteiger partial charge on any atom is 0.339 e. The first kappa shape index (κ1) is 17.6. The Morgan fingerprint density at radius 3 is 2.88 bits per heavy atom. The van der Waals surface area contributed by atoms with Crippen LogP contribution in [0.15, 0.2) is 56.6 Å². The van der Waals surface area contributed by atoms with E-state index < -0.39 is 5.63 Å². The van der Waals surface area contributed by atoms with Gasteiger partial charge in [-0.1, -0.05) is 18.2 Å². The Morgan fingerprint density at radius 2 is 2.12 bits per heavy atom. The van der Waals surface area contributed by atoms with E-state index in [1.54, 1.807) is 24.8 Å². The van der Waals surface area contributed by atoms with Crippen LogP contribution in [0, 0.1) is 6.92 Å². The number of thioether (sulfide) groups is 1. The summed E-state index contributed by atoms with van der Waals surface area (Å²) in [5.41, 5.74) is -0.418. The van der Waals surface area contributed by atoms with Crippen LogP contribution < -0.4 is 10.4 Å². The summed E-state index contributed by atoms with van der Waals surface area (Å²) < 4.78 is 10.8. The van der Waals surface area contributed by atoms with Crippen LogP contribution in [0.4, 0.5) is 0 Å². The number of carbonyl (C=O) groups is 1. The van der Waals surface area contributed by atoms with E-state index in [2.05, 4.69) is 0 Å². The zero-order valence-electron chi connectivity index (χ0n) is 14.1. The zero-order chi connectivity index (χ0) is 17.6. The predicted octanol–water partition coefficient (Wildman–Crippen LogP) is 3.11. The first-order chi connectivity index (χ1) is 12.1. The molecule has 6 heteroatoms. The molecule has 132 valence electrons. The zero-order valence-corrected chi connectivity index (χ0v) is 15.0. The lowest BCUT2D eigenvalue weighted by molar-refractivity contribution is -0.129. The van der Waals surface area contributed by atoms with Crippen molar-refractivity contribution in [2.75, 3.05) is 18.8 Å². The van der Waals surface area contributed by atoms with Crippen molar-refractivity contribution in [1.82, 2.24) is 4.90 Å². The van der Waals surface area contributed by atoms with E-state index in [-0.39, 0.29) is 12.0 Å². The van der Waals surface area contributed by atoms with Crippen molar-refractivity contribution in [3.63, 3.8) is 0 Å². The second-order valence-electron chi connectivity index (χ2n) is 6.00. The van der Waals surface area contributed by atoms with E-state index in [1.807, 2.05) is 35.2 Å². The minimum absolute atomic E-state index is 0.0769. The number of amides is 1. The molecule has 1 aliphatic rings. The topological polar surface area (TPSA) is 59.8 Å². The molecule has 1 atom stereocenters. The van der Waals surface area contributed by atoms with Crippen LogP contribution in [0.5, 0.6) is 5.75 Å². The van der Waals surface area contributed by atoms with E-state index in [0.717, 1.165) is 12.2 Å². The van der Waals surface area contributed by atoms with E-state index in [4.69, 9.17) is 9.15 Å². The molecule has 2 aromatic rings. The summed E-state index contributed by atoms with van der Waals surface area (Å²) in [5, 5.41) is 0. The maximum absolute atomic E-state index is 12.3. The van der Waals surface area contributed by atoms with Gasteiger partial charge in [0.05, 0.1) is 12.6 Å². The van der Waals surface area contributed by atoms with Crippen molar-refractivity contribution in [3.05, 3.63) is 58.6 Å². The molecular formula is C19H21NO4S. The summed E-state index contributed by atoms with van der Waals surface area (Å²) >= 11 is 1.69. The smallest absolute Gasteiger partial charge is 0.339 e. The number of hydrogen-bond donors (Lipinski definition) is 0. The Balaban J connectivity index is 1.45. The number of carbonyl (C=O) groups excluding carboxylic acids is 1. The highest BCUT2D eigenvalue weighted by atomic mass is 32.2. The number of benzene rings is 1. The molecule has 1 aromatic carbocycles. The third-order valence-electron chi connectivity index (χ3n) is 4.00. The molecule has 1 saturated heterocycles. The van der Waals surface area contributed by atoms with Gasteiger partial charge in [-0.05, 0) is 19.1 Å². The van der Waals surface area contributed by atoms with Crippen molar-refractivity contribution in [3.8, 4) is 5.75 Å². The lowest BCUT2D eigenvalue weighted by Crippen LogP contribution is -2.31. The van der Waals surface area contributed by atoms with Gasteiger partial charge in [-0.3, -0.25) is 4.79 Å². The van der Waals surface area contributed by atoms with E-state index in [0.29, 0.717) is 31.0 Å². The fourth-order valence-electron chi connectivity index (χ4n) is 2.82. The Bertz CT molecular complexity index is 774. The van der Waals surface area contributed by atoms with Gasteiger partial charge in [-0.25, -0.2) is 4.79 Å². The van der Waals surface area contributed by atoms with Crippen molar-refractivity contribution in [2.24, 2.45) is 0 Å². The number of rotatable bonds is 6. The van der Waals surface area contributed by atoms with E-state index in [1.165, 1.54) is 11.0 Å². The molecule has 3 rings (SSSR count). The normalized spacial score (nSPS) is 16.8. The number of likely N-dealkylation sites (tertiary alicyclic amines) is 1. The summed E-state index contributed by atoms with van der Waals surface area (Å²) in [4.78, 5) is 26.7. The second kappa shape index (κ2) is 8.25. The number of nitrogens with zero attached hydrogens (tertiary/aromatic N) is 1. The van der Waals surface area contributed by atoms with Crippen LogP contribution in [-0.2, 0) is 4.79 Å². The molecule has 25 heavy (non-hydrogen) atoms. The molecule has 0 N–H and O–H groups in total. The van der Waals surface area contributed by atoms with Gasteiger partial charge < -0.3 is 14.1 Å². The lowest BCUT2D eigenvalue weighted by atomic mass is 10.3. The molecule has 0 bridgehead atoms. The average Bonchev–Trinajstić information content (AvgIpc) is 3.03. The van der Waals surface area contributed by atoms with Gasteiger partial charge in [-0.2, -0.15) is 0 Å². The van der Waals surface area contributed by atoms with Crippen LogP contribution >= 0.6 is 11.8 Å². The molecule has 5 nitrogen and oxygen atoms in total. The van der Waals surface area contributed by atoms with Crippen LogP contribution in [0.1, 0.15) is 18.6 Å². The highest BCUT2D eigenvalue weighted by molar-refractivity contribution is 7.99. The Labute approximate surface area is 151 Å². The third kappa shape index (κ3) is 5.13. The highest BCUT2D eigenvalue weighted by Crippen LogP contribution is 2.21. The van der Waals surface area contributed by atoms with Crippen molar-refractivity contribution >= 4 is 17.7 Å². The summed E-state index contributed by atoms with van der Waals surface area (Å²) in [6, 6.07) is 13.1. The Morgan fingerprint density at radius 1 is 1.32 bits per heavy atom. The summed E-state index contributed by atoms with van der Waals surface area (Å²) in [5.74, 6) is 1.95. The SMILES string of the molecule is Cc1cc(OC2CCN(C(=O)CCSc3ccccc3)C2)cc(=O)o1. The van der Waals surface area contributed by atoms with E-state index in [9.17, 15) is 9.59 Å². The van der Waals surface area contributed by atoms with Gasteiger partial charge in [0, 0.05) is 36.1 Å². The van der Waals surface area contributed by atoms with Crippen LogP contribution in [0.3, 0.4) is 0 Å². The minimum Gasteiger partial charge on any atom is -0.488 e. The molecule has 0 aliphatic carbocycles. The van der Waals surface area contributed by atoms with Crippen molar-refractivity contribution < 1.29 is 13.9 Å². The second-order valence-corrected chi connectivity index (χ2v) is 7.17. The van der Waals surface area contributed by atoms with Gasteiger partial charge >= 0.3 is 5.63 Å². The first-order valence-corrected chi connectivity index (χ1v) is 9.33. The molecule has 0 radical (unpaired) electrons. The van der Waals surface area contributed by atoms with Gasteiger partial charge in [0.2, 0.25) is 5.91 Å². The Kier molecular flexibility index (Phi) is 5.81. The largest absolute Gasteiger partial charge is 0.488 e. The van der Waals surface area contributed by atoms with Crippen LogP contribution in [-0.4, -0.2) is 35.8 Å². The molecule has 1 aromatic heterocycles. The van der Waals surface area contributed by atoms with Crippen LogP contribution in [0.25, 0.3) is 0 Å². The van der Waals surface area contributed by atoms with E-state index >= 15 is 0 Å². The maximum atomic E-state index is 12.3. The first-order valence-electron chi connectivity index (χ1n) is 8.34. The fraction of sp³-hybridized carbons (Fsp3) is 0.368. The van der Waals surface area contributed by atoms with Gasteiger partial charge in [0.25, 0.3) is 0 Å². The average molecular weight is 359 g/mol. The summed E-state index contributed by atoms with van der Waals surface area (Å²) in [6.07, 6.45) is 1.21. The molecule has 1 unspecified atom stereocenters. The number of hydrogen-bond acceptors (Lipinski definition) is 5.